The minimum absolute atomic E-state index is 0.0451. The van der Waals surface area contributed by atoms with Crippen LogP contribution >= 0.6 is 0 Å². The molecule has 0 saturated carbocycles. The lowest BCUT2D eigenvalue weighted by molar-refractivity contribution is -0.386. The molecule has 1 aliphatic heterocycles. The molecule has 0 aromatic heterocycles. The molecule has 1 saturated heterocycles. The highest BCUT2D eigenvalue weighted by atomic mass is 16.6. The highest BCUT2D eigenvalue weighted by Gasteiger charge is 2.35. The Morgan fingerprint density at radius 3 is 2.48 bits per heavy atom. The van der Waals surface area contributed by atoms with E-state index in [1.165, 1.54) is 27.4 Å². The summed E-state index contributed by atoms with van der Waals surface area (Å²) in [4.78, 5) is 25.7. The van der Waals surface area contributed by atoms with Gasteiger partial charge in [0.2, 0.25) is 11.5 Å². The van der Waals surface area contributed by atoms with Crippen LogP contribution in [0, 0.1) is 16.0 Å². The number of amides is 1. The van der Waals surface area contributed by atoms with Crippen LogP contribution in [0.5, 0.6) is 17.2 Å². The smallest absolute Gasteiger partial charge is 0.327 e. The molecule has 1 atom stereocenters. The van der Waals surface area contributed by atoms with Crippen LogP contribution in [-0.4, -0.2) is 50.1 Å². The zero-order valence-electron chi connectivity index (χ0n) is 15.0. The number of hydrogen-bond donors (Lipinski definition) is 0. The van der Waals surface area contributed by atoms with E-state index in [1.807, 2.05) is 0 Å². The summed E-state index contributed by atoms with van der Waals surface area (Å²) >= 11 is 0. The van der Waals surface area contributed by atoms with Gasteiger partial charge in [-0.15, -0.1) is 0 Å². The van der Waals surface area contributed by atoms with Crippen molar-refractivity contribution in [1.29, 1.82) is 0 Å². The Balaban J connectivity index is 2.55. The van der Waals surface area contributed by atoms with Crippen molar-refractivity contribution < 1.29 is 23.9 Å². The molecular formula is C17H24N2O6. The van der Waals surface area contributed by atoms with Gasteiger partial charge in [-0.2, -0.15) is 0 Å². The fourth-order valence-electron chi connectivity index (χ4n) is 3.24. The Kier molecular flexibility index (Phi) is 6.06. The number of piperidine rings is 1. The zero-order chi connectivity index (χ0) is 18.6. The molecule has 1 aliphatic rings. The van der Waals surface area contributed by atoms with E-state index in [0.29, 0.717) is 19.0 Å². The average molecular weight is 352 g/mol. The molecule has 2 rings (SSSR count). The number of ether oxygens (including phenoxy) is 3. The van der Waals surface area contributed by atoms with Gasteiger partial charge in [0.15, 0.2) is 5.75 Å². The zero-order valence-corrected chi connectivity index (χ0v) is 15.0. The number of benzene rings is 1. The lowest BCUT2D eigenvalue weighted by Crippen LogP contribution is -2.40. The van der Waals surface area contributed by atoms with Crippen LogP contribution in [0.15, 0.2) is 6.07 Å². The van der Waals surface area contributed by atoms with Crippen LogP contribution in [-0.2, 0) is 0 Å². The Hall–Kier alpha value is -2.51. The predicted octanol–water partition coefficient (Wildman–Crippen LogP) is 2.88. The summed E-state index contributed by atoms with van der Waals surface area (Å²) in [5.74, 6) is 0.234. The lowest BCUT2D eigenvalue weighted by Gasteiger charge is -2.32. The van der Waals surface area contributed by atoms with Crippen LogP contribution in [0.4, 0.5) is 5.69 Å². The molecule has 0 N–H and O–H groups in total. The Morgan fingerprint density at radius 1 is 1.28 bits per heavy atom. The monoisotopic (exact) mass is 352 g/mol. The number of nitro groups is 1. The van der Waals surface area contributed by atoms with E-state index in [-0.39, 0.29) is 28.7 Å². The van der Waals surface area contributed by atoms with Crippen molar-refractivity contribution in [3.63, 3.8) is 0 Å². The number of nitrogens with zero attached hydrogens (tertiary/aromatic N) is 2. The van der Waals surface area contributed by atoms with Crippen LogP contribution in [0.3, 0.4) is 0 Å². The Labute approximate surface area is 146 Å². The van der Waals surface area contributed by atoms with Crippen molar-refractivity contribution in [3.05, 3.63) is 21.7 Å². The average Bonchev–Trinajstić information content (AvgIpc) is 2.65. The predicted molar refractivity (Wildman–Crippen MR) is 91.7 cm³/mol. The Bertz CT molecular complexity index is 661. The normalized spacial score (nSPS) is 17.1. The molecule has 0 bridgehead atoms. The van der Waals surface area contributed by atoms with Crippen molar-refractivity contribution in [2.75, 3.05) is 34.4 Å². The van der Waals surface area contributed by atoms with Gasteiger partial charge in [0.05, 0.1) is 26.3 Å². The van der Waals surface area contributed by atoms with Crippen molar-refractivity contribution in [1.82, 2.24) is 4.90 Å². The topological polar surface area (TPSA) is 91.1 Å². The molecule has 8 heteroatoms. The highest BCUT2D eigenvalue weighted by molar-refractivity contribution is 6.00. The van der Waals surface area contributed by atoms with Crippen LogP contribution in [0.2, 0.25) is 0 Å². The van der Waals surface area contributed by atoms with Crippen LogP contribution in [0.1, 0.15) is 36.5 Å². The van der Waals surface area contributed by atoms with Crippen LogP contribution in [0.25, 0.3) is 0 Å². The molecule has 0 spiro atoms. The van der Waals surface area contributed by atoms with Crippen molar-refractivity contribution in [2.24, 2.45) is 5.92 Å². The maximum atomic E-state index is 13.0. The second kappa shape index (κ2) is 8.04. The van der Waals surface area contributed by atoms with E-state index < -0.39 is 10.6 Å². The number of rotatable bonds is 6. The second-order valence-electron chi connectivity index (χ2n) is 5.97. The minimum Gasteiger partial charge on any atom is -0.493 e. The SMILES string of the molecule is CCC1CCCN(C(=O)c2cc(OC)c(OC)c(OC)c2[N+](=O)[O-])C1. The first-order chi connectivity index (χ1) is 12.0. The largest absolute Gasteiger partial charge is 0.493 e. The number of likely N-dealkylation sites (tertiary alicyclic amines) is 1. The van der Waals surface area contributed by atoms with Gasteiger partial charge in [-0.25, -0.2) is 0 Å². The number of carbonyl (C=O) groups is 1. The van der Waals surface area contributed by atoms with Crippen molar-refractivity contribution in [3.8, 4) is 17.2 Å². The van der Waals surface area contributed by atoms with Crippen LogP contribution < -0.4 is 14.2 Å². The maximum absolute atomic E-state index is 13.0. The van der Waals surface area contributed by atoms with E-state index in [1.54, 1.807) is 4.90 Å². The standard InChI is InChI=1S/C17H24N2O6/c1-5-11-7-6-8-18(10-11)17(20)12-9-13(23-2)15(24-3)16(25-4)14(12)19(21)22/h9,11H,5-8,10H2,1-4H3. The second-order valence-corrected chi connectivity index (χ2v) is 5.97. The van der Waals surface area contributed by atoms with Gasteiger partial charge in [0.1, 0.15) is 5.56 Å². The summed E-state index contributed by atoms with van der Waals surface area (Å²) in [6, 6.07) is 1.36. The highest BCUT2D eigenvalue weighted by Crippen LogP contribution is 2.46. The molecule has 1 aromatic carbocycles. The summed E-state index contributed by atoms with van der Waals surface area (Å²) < 4.78 is 15.6. The molecule has 1 unspecified atom stereocenters. The van der Waals surface area contributed by atoms with Gasteiger partial charge < -0.3 is 19.1 Å². The third kappa shape index (κ3) is 3.62. The molecule has 1 aromatic rings. The van der Waals surface area contributed by atoms with Gasteiger partial charge in [-0.05, 0) is 18.8 Å². The van der Waals surface area contributed by atoms with Gasteiger partial charge >= 0.3 is 5.69 Å². The fraction of sp³-hybridized carbons (Fsp3) is 0.588. The molecule has 1 fully saturated rings. The number of hydrogen-bond acceptors (Lipinski definition) is 6. The first kappa shape index (κ1) is 18.8. The summed E-state index contributed by atoms with van der Waals surface area (Å²) in [6.07, 6.45) is 2.93. The molecule has 8 nitrogen and oxygen atoms in total. The van der Waals surface area contributed by atoms with E-state index in [2.05, 4.69) is 6.92 Å². The van der Waals surface area contributed by atoms with E-state index >= 15 is 0 Å². The first-order valence-electron chi connectivity index (χ1n) is 8.25. The van der Waals surface area contributed by atoms with Gasteiger partial charge in [0.25, 0.3) is 5.91 Å². The number of nitro benzene ring substituents is 1. The lowest BCUT2D eigenvalue weighted by atomic mass is 9.95. The van der Waals surface area contributed by atoms with Gasteiger partial charge in [-0.3, -0.25) is 14.9 Å². The summed E-state index contributed by atoms with van der Waals surface area (Å²) in [7, 11) is 4.07. The fourth-order valence-corrected chi connectivity index (χ4v) is 3.24. The number of methoxy groups -OCH3 is 3. The van der Waals surface area contributed by atoms with Gasteiger partial charge in [-0.1, -0.05) is 13.3 Å². The molecule has 25 heavy (non-hydrogen) atoms. The third-order valence-corrected chi connectivity index (χ3v) is 4.60. The van der Waals surface area contributed by atoms with Crippen molar-refractivity contribution >= 4 is 11.6 Å². The first-order valence-corrected chi connectivity index (χ1v) is 8.25. The minimum atomic E-state index is -0.616. The van der Waals surface area contributed by atoms with E-state index in [4.69, 9.17) is 14.2 Å². The summed E-state index contributed by atoms with van der Waals surface area (Å²) in [5.41, 5.74) is -0.444. The van der Waals surface area contributed by atoms with E-state index in [0.717, 1.165) is 19.3 Å². The summed E-state index contributed by atoms with van der Waals surface area (Å²) in [5, 5.41) is 11.6. The third-order valence-electron chi connectivity index (χ3n) is 4.60. The molecule has 1 heterocycles. The molecular weight excluding hydrogens is 328 g/mol. The molecule has 1 amide bonds. The number of carbonyl (C=O) groups excluding carboxylic acids is 1. The Morgan fingerprint density at radius 2 is 1.96 bits per heavy atom. The quantitative estimate of drug-likeness (QED) is 0.577. The maximum Gasteiger partial charge on any atom is 0.327 e. The molecule has 0 radical (unpaired) electrons. The van der Waals surface area contributed by atoms with E-state index in [9.17, 15) is 14.9 Å². The summed E-state index contributed by atoms with van der Waals surface area (Å²) in [6.45, 7) is 3.27. The van der Waals surface area contributed by atoms with Gasteiger partial charge in [0, 0.05) is 19.2 Å². The molecule has 0 aliphatic carbocycles. The van der Waals surface area contributed by atoms with Crippen molar-refractivity contribution in [2.45, 2.75) is 26.2 Å². The molecule has 138 valence electrons.